The van der Waals surface area contributed by atoms with Crippen LogP contribution in [-0.4, -0.2) is 50.9 Å². The van der Waals surface area contributed by atoms with Gasteiger partial charge in [-0.15, -0.1) is 0 Å². The van der Waals surface area contributed by atoms with Gasteiger partial charge in [0.2, 0.25) is 0 Å². The van der Waals surface area contributed by atoms with Crippen molar-refractivity contribution in [2.75, 3.05) is 18.4 Å². The van der Waals surface area contributed by atoms with Crippen LogP contribution in [0.2, 0.25) is 0 Å². The second kappa shape index (κ2) is 6.84. The Bertz CT molecular complexity index is 746. The smallest absolute Gasteiger partial charge is 0.319 e. The fraction of sp³-hybridized carbons (Fsp3) is 0.500. The Kier molecular flexibility index (Phi) is 4.40. The van der Waals surface area contributed by atoms with Crippen LogP contribution in [0.4, 0.5) is 10.5 Å². The highest BCUT2D eigenvalue weighted by atomic mass is 16.2. The molecule has 2 N–H and O–H groups in total. The molecule has 1 aromatic heterocycles. The molecule has 2 aromatic rings. The molecular formula is C18H24N6O. The maximum atomic E-state index is 12.3. The average molecular weight is 340 g/mol. The lowest BCUT2D eigenvalue weighted by Crippen LogP contribution is -2.46. The van der Waals surface area contributed by atoms with Gasteiger partial charge in [0.15, 0.2) is 5.82 Å². The van der Waals surface area contributed by atoms with Gasteiger partial charge in [0.1, 0.15) is 6.33 Å². The average Bonchev–Trinajstić information content (AvgIpc) is 3.36. The molecule has 2 fully saturated rings. The molecule has 1 aromatic carbocycles. The van der Waals surface area contributed by atoms with Gasteiger partial charge in [-0.2, -0.15) is 5.10 Å². The molecule has 2 aliphatic rings. The fourth-order valence-electron chi connectivity index (χ4n) is 3.41. The van der Waals surface area contributed by atoms with Crippen LogP contribution >= 0.6 is 0 Å². The van der Waals surface area contributed by atoms with Crippen molar-refractivity contribution in [3.63, 3.8) is 0 Å². The zero-order valence-corrected chi connectivity index (χ0v) is 14.5. The molecule has 4 rings (SSSR count). The minimum absolute atomic E-state index is 0.143. The maximum Gasteiger partial charge on any atom is 0.319 e. The van der Waals surface area contributed by atoms with E-state index in [0.717, 1.165) is 43.2 Å². The number of anilines is 1. The van der Waals surface area contributed by atoms with Gasteiger partial charge in [0.05, 0.1) is 0 Å². The summed E-state index contributed by atoms with van der Waals surface area (Å²) in [5, 5.41) is 10.3. The SMILES string of the molecule is Cn1cnc(-c2cccc(NC(=O)NC3CCN(C4CC4)CC3)c2)n1. The van der Waals surface area contributed by atoms with Crippen LogP contribution in [0.3, 0.4) is 0 Å². The van der Waals surface area contributed by atoms with Gasteiger partial charge >= 0.3 is 6.03 Å². The van der Waals surface area contributed by atoms with Gasteiger partial charge in [0.25, 0.3) is 0 Å². The van der Waals surface area contributed by atoms with Crippen LogP contribution in [0, 0.1) is 0 Å². The van der Waals surface area contributed by atoms with Crippen molar-refractivity contribution in [1.29, 1.82) is 0 Å². The predicted molar refractivity (Wildman–Crippen MR) is 96.2 cm³/mol. The number of hydrogen-bond donors (Lipinski definition) is 2. The van der Waals surface area contributed by atoms with Gasteiger partial charge in [-0.25, -0.2) is 9.78 Å². The quantitative estimate of drug-likeness (QED) is 0.895. The van der Waals surface area contributed by atoms with E-state index in [4.69, 9.17) is 0 Å². The molecule has 1 aliphatic carbocycles. The summed E-state index contributed by atoms with van der Waals surface area (Å²) in [6.45, 7) is 2.19. The van der Waals surface area contributed by atoms with Crippen molar-refractivity contribution in [3.8, 4) is 11.4 Å². The Hall–Kier alpha value is -2.41. The Balaban J connectivity index is 1.32. The van der Waals surface area contributed by atoms with E-state index in [1.54, 1.807) is 11.0 Å². The number of rotatable bonds is 4. The van der Waals surface area contributed by atoms with Crippen molar-refractivity contribution < 1.29 is 4.79 Å². The van der Waals surface area contributed by atoms with Gasteiger partial charge < -0.3 is 15.5 Å². The summed E-state index contributed by atoms with van der Waals surface area (Å²) in [4.78, 5) is 19.1. The first-order chi connectivity index (χ1) is 12.2. The van der Waals surface area contributed by atoms with Gasteiger partial charge in [-0.1, -0.05) is 12.1 Å². The third kappa shape index (κ3) is 3.99. The van der Waals surface area contributed by atoms with E-state index in [-0.39, 0.29) is 12.1 Å². The van der Waals surface area contributed by atoms with Crippen molar-refractivity contribution in [1.82, 2.24) is 25.0 Å². The monoisotopic (exact) mass is 340 g/mol. The number of aryl methyl sites for hydroxylation is 1. The molecule has 7 heteroatoms. The molecule has 2 heterocycles. The van der Waals surface area contributed by atoms with Crippen molar-refractivity contribution in [2.24, 2.45) is 7.05 Å². The van der Waals surface area contributed by atoms with E-state index in [2.05, 4.69) is 25.6 Å². The minimum atomic E-state index is -0.143. The molecule has 1 aliphatic heterocycles. The summed E-state index contributed by atoms with van der Waals surface area (Å²) in [6, 6.07) is 8.54. The number of nitrogens with one attached hydrogen (secondary N) is 2. The van der Waals surface area contributed by atoms with Crippen molar-refractivity contribution in [3.05, 3.63) is 30.6 Å². The molecule has 0 unspecified atom stereocenters. The van der Waals surface area contributed by atoms with Crippen LogP contribution in [0.1, 0.15) is 25.7 Å². The number of benzene rings is 1. The lowest BCUT2D eigenvalue weighted by Gasteiger charge is -2.32. The first-order valence-corrected chi connectivity index (χ1v) is 8.95. The zero-order valence-electron chi connectivity index (χ0n) is 14.5. The number of piperidine rings is 1. The summed E-state index contributed by atoms with van der Waals surface area (Å²) in [5.41, 5.74) is 1.63. The van der Waals surface area contributed by atoms with E-state index in [9.17, 15) is 4.79 Å². The van der Waals surface area contributed by atoms with Gasteiger partial charge in [-0.3, -0.25) is 4.68 Å². The maximum absolute atomic E-state index is 12.3. The van der Waals surface area contributed by atoms with E-state index >= 15 is 0 Å². The lowest BCUT2D eigenvalue weighted by atomic mass is 10.1. The molecule has 0 bridgehead atoms. The molecule has 0 spiro atoms. The molecule has 1 saturated carbocycles. The normalized spacial score (nSPS) is 18.9. The highest BCUT2D eigenvalue weighted by molar-refractivity contribution is 5.90. The highest BCUT2D eigenvalue weighted by Gasteiger charge is 2.32. The number of urea groups is 1. The van der Waals surface area contributed by atoms with Crippen LogP contribution in [0.15, 0.2) is 30.6 Å². The van der Waals surface area contributed by atoms with Crippen LogP contribution in [-0.2, 0) is 7.05 Å². The van der Waals surface area contributed by atoms with E-state index in [1.165, 1.54) is 12.8 Å². The van der Waals surface area contributed by atoms with Crippen LogP contribution in [0.25, 0.3) is 11.4 Å². The standard InChI is InChI=1S/C18H24N6O/c1-23-12-19-17(22-23)13-3-2-4-15(11-13)21-18(25)20-14-7-9-24(10-8-14)16-5-6-16/h2-4,11-12,14,16H,5-10H2,1H3,(H2,20,21,25). The zero-order chi connectivity index (χ0) is 17.2. The second-order valence-corrected chi connectivity index (χ2v) is 6.96. The first-order valence-electron chi connectivity index (χ1n) is 8.95. The molecule has 1 saturated heterocycles. The third-order valence-corrected chi connectivity index (χ3v) is 4.91. The molecule has 2 amide bonds. The Morgan fingerprint density at radius 2 is 2.00 bits per heavy atom. The molecule has 0 radical (unpaired) electrons. The number of hydrogen-bond acceptors (Lipinski definition) is 4. The molecule has 0 atom stereocenters. The Labute approximate surface area is 147 Å². The van der Waals surface area contributed by atoms with Gasteiger partial charge in [0, 0.05) is 43.5 Å². The van der Waals surface area contributed by atoms with E-state index < -0.39 is 0 Å². The van der Waals surface area contributed by atoms with E-state index in [0.29, 0.717) is 5.82 Å². The topological polar surface area (TPSA) is 75.1 Å². The Morgan fingerprint density at radius 1 is 1.20 bits per heavy atom. The Morgan fingerprint density at radius 3 is 2.68 bits per heavy atom. The lowest BCUT2D eigenvalue weighted by molar-refractivity contribution is 0.189. The number of likely N-dealkylation sites (tertiary alicyclic amines) is 1. The van der Waals surface area contributed by atoms with E-state index in [1.807, 2.05) is 31.3 Å². The summed E-state index contributed by atoms with van der Waals surface area (Å²) in [6.07, 6.45) is 6.42. The molecule has 132 valence electrons. The predicted octanol–water partition coefficient (Wildman–Crippen LogP) is 2.23. The number of aromatic nitrogens is 3. The van der Waals surface area contributed by atoms with Crippen LogP contribution < -0.4 is 10.6 Å². The molecule has 25 heavy (non-hydrogen) atoms. The molecule has 7 nitrogen and oxygen atoms in total. The summed E-state index contributed by atoms with van der Waals surface area (Å²) >= 11 is 0. The number of amides is 2. The first kappa shape index (κ1) is 16.1. The summed E-state index contributed by atoms with van der Waals surface area (Å²) < 4.78 is 1.66. The van der Waals surface area contributed by atoms with Crippen molar-refractivity contribution in [2.45, 2.75) is 37.8 Å². The second-order valence-electron chi connectivity index (χ2n) is 6.96. The van der Waals surface area contributed by atoms with Crippen molar-refractivity contribution >= 4 is 11.7 Å². The highest BCUT2D eigenvalue weighted by Crippen LogP contribution is 2.29. The fourth-order valence-corrected chi connectivity index (χ4v) is 3.41. The summed E-state index contributed by atoms with van der Waals surface area (Å²) in [5.74, 6) is 0.652. The largest absolute Gasteiger partial charge is 0.335 e. The minimum Gasteiger partial charge on any atom is -0.335 e. The summed E-state index contributed by atoms with van der Waals surface area (Å²) in [7, 11) is 1.83. The third-order valence-electron chi connectivity index (χ3n) is 4.91. The van der Waals surface area contributed by atoms with Crippen LogP contribution in [0.5, 0.6) is 0 Å². The molecular weight excluding hydrogens is 316 g/mol. The van der Waals surface area contributed by atoms with Gasteiger partial charge in [-0.05, 0) is 37.8 Å². The number of carbonyl (C=O) groups is 1. The number of carbonyl (C=O) groups excluding carboxylic acids is 1. The number of nitrogens with zero attached hydrogens (tertiary/aromatic N) is 4.